The van der Waals surface area contributed by atoms with Crippen LogP contribution in [0.2, 0.25) is 0 Å². The van der Waals surface area contributed by atoms with E-state index in [0.717, 1.165) is 18.9 Å². The number of carboxylic acids is 1. The molecule has 3 nitrogen and oxygen atoms in total. The lowest BCUT2D eigenvalue weighted by molar-refractivity contribution is -0.147. The van der Waals surface area contributed by atoms with Crippen LogP contribution in [0.25, 0.3) is 0 Å². The lowest BCUT2D eigenvalue weighted by Crippen LogP contribution is -2.54. The fraction of sp³-hybridized carbons (Fsp3) is 0.909. The molecule has 0 spiro atoms. The van der Waals surface area contributed by atoms with E-state index in [9.17, 15) is 4.79 Å². The molecular weight excluding hydrogens is 178 g/mol. The molecule has 2 heterocycles. The lowest BCUT2D eigenvalue weighted by atomic mass is 9.79. The Morgan fingerprint density at radius 1 is 1.43 bits per heavy atom. The van der Waals surface area contributed by atoms with Gasteiger partial charge in [0.2, 0.25) is 0 Å². The number of hydrogen-bond donors (Lipinski definition) is 1. The van der Waals surface area contributed by atoms with Crippen LogP contribution in [0.15, 0.2) is 0 Å². The topological polar surface area (TPSA) is 40.5 Å². The van der Waals surface area contributed by atoms with E-state index in [1.165, 1.54) is 25.7 Å². The van der Waals surface area contributed by atoms with Crippen molar-refractivity contribution in [1.29, 1.82) is 0 Å². The molecule has 3 heteroatoms. The molecule has 0 amide bonds. The van der Waals surface area contributed by atoms with Gasteiger partial charge in [-0.25, -0.2) is 0 Å². The van der Waals surface area contributed by atoms with Gasteiger partial charge in [0.25, 0.3) is 0 Å². The Morgan fingerprint density at radius 2 is 2.07 bits per heavy atom. The summed E-state index contributed by atoms with van der Waals surface area (Å²) < 4.78 is 0. The molecule has 14 heavy (non-hydrogen) atoms. The summed E-state index contributed by atoms with van der Waals surface area (Å²) in [5.74, 6) is 0.133. The molecule has 2 aliphatic heterocycles. The van der Waals surface area contributed by atoms with Crippen molar-refractivity contribution < 1.29 is 9.90 Å². The zero-order valence-electron chi connectivity index (χ0n) is 8.78. The Hall–Kier alpha value is -0.570. The minimum absolute atomic E-state index is 0.233. The highest BCUT2D eigenvalue weighted by Gasteiger charge is 2.38. The molecule has 3 fully saturated rings. The average molecular weight is 197 g/mol. The predicted octanol–water partition coefficient (Wildman–Crippen LogP) is 1.72. The van der Waals surface area contributed by atoms with Crippen LogP contribution in [0.1, 0.15) is 39.0 Å². The molecule has 0 aromatic carbocycles. The number of carbonyl (C=O) groups is 1. The second-order valence-corrected chi connectivity index (χ2v) is 4.63. The second-order valence-electron chi connectivity index (χ2n) is 4.63. The first-order valence-corrected chi connectivity index (χ1v) is 5.71. The monoisotopic (exact) mass is 197 g/mol. The molecule has 1 atom stereocenters. The van der Waals surface area contributed by atoms with E-state index in [-0.39, 0.29) is 6.04 Å². The van der Waals surface area contributed by atoms with Gasteiger partial charge in [0.1, 0.15) is 6.04 Å². The molecule has 3 rings (SSSR count). The highest BCUT2D eigenvalue weighted by Crippen LogP contribution is 2.36. The van der Waals surface area contributed by atoms with Crippen LogP contribution in [0.5, 0.6) is 0 Å². The second kappa shape index (κ2) is 3.89. The summed E-state index contributed by atoms with van der Waals surface area (Å²) in [5, 5.41) is 9.11. The Labute approximate surface area is 85.1 Å². The zero-order chi connectivity index (χ0) is 10.1. The third-order valence-electron chi connectivity index (χ3n) is 3.83. The van der Waals surface area contributed by atoms with E-state index in [1.807, 2.05) is 6.92 Å². The predicted molar refractivity (Wildman–Crippen MR) is 54.2 cm³/mol. The van der Waals surface area contributed by atoms with Crippen LogP contribution in [0, 0.1) is 5.92 Å². The fourth-order valence-corrected chi connectivity index (χ4v) is 3.04. The third-order valence-corrected chi connectivity index (χ3v) is 3.83. The zero-order valence-corrected chi connectivity index (χ0v) is 8.78. The highest BCUT2D eigenvalue weighted by atomic mass is 16.4. The van der Waals surface area contributed by atoms with Gasteiger partial charge >= 0.3 is 5.97 Å². The van der Waals surface area contributed by atoms with Crippen LogP contribution in [-0.2, 0) is 4.79 Å². The standard InChI is InChI=1S/C11H19NO2/c1-2-10(11(13)14)12-7-8-3-5-9(12)6-4-8/h8-10H,2-7H2,1H3,(H,13,14). The minimum atomic E-state index is -0.639. The Morgan fingerprint density at radius 3 is 2.43 bits per heavy atom. The van der Waals surface area contributed by atoms with E-state index in [1.54, 1.807) is 0 Å². The van der Waals surface area contributed by atoms with Crippen LogP contribution in [0.3, 0.4) is 0 Å². The molecule has 3 aliphatic rings. The number of piperidine rings is 2. The van der Waals surface area contributed by atoms with Crippen molar-refractivity contribution in [2.75, 3.05) is 6.54 Å². The maximum atomic E-state index is 11.1. The Balaban J connectivity index is 2.06. The van der Waals surface area contributed by atoms with Crippen molar-refractivity contribution >= 4 is 5.97 Å². The smallest absolute Gasteiger partial charge is 0.320 e. The van der Waals surface area contributed by atoms with Gasteiger partial charge in [0.15, 0.2) is 0 Å². The molecular formula is C11H19NO2. The first-order chi connectivity index (χ1) is 6.72. The summed E-state index contributed by atoms with van der Waals surface area (Å²) in [6, 6.07) is 0.323. The molecule has 1 saturated carbocycles. The number of fused-ring (bicyclic) bond motifs is 3. The largest absolute Gasteiger partial charge is 0.480 e. The summed E-state index contributed by atoms with van der Waals surface area (Å²) in [6.07, 6.45) is 5.80. The lowest BCUT2D eigenvalue weighted by Gasteiger charge is -2.47. The quantitative estimate of drug-likeness (QED) is 0.749. The summed E-state index contributed by atoms with van der Waals surface area (Å²) in [4.78, 5) is 13.3. The molecule has 1 aliphatic carbocycles. The minimum Gasteiger partial charge on any atom is -0.480 e. The average Bonchev–Trinajstić information content (AvgIpc) is 2.20. The number of nitrogens with zero attached hydrogens (tertiary/aromatic N) is 1. The summed E-state index contributed by atoms with van der Waals surface area (Å²) in [6.45, 7) is 3.00. The molecule has 2 saturated heterocycles. The maximum Gasteiger partial charge on any atom is 0.320 e. The van der Waals surface area contributed by atoms with Crippen LogP contribution in [-0.4, -0.2) is 34.6 Å². The van der Waals surface area contributed by atoms with Crippen molar-refractivity contribution in [3.05, 3.63) is 0 Å². The molecule has 80 valence electrons. The van der Waals surface area contributed by atoms with Crippen molar-refractivity contribution in [2.45, 2.75) is 51.1 Å². The van der Waals surface area contributed by atoms with Crippen molar-refractivity contribution in [1.82, 2.24) is 4.90 Å². The van der Waals surface area contributed by atoms with Crippen molar-refractivity contribution in [2.24, 2.45) is 5.92 Å². The number of carboxylic acid groups (broad SMARTS) is 1. The summed E-state index contributed by atoms with van der Waals surface area (Å²) in [5.41, 5.74) is 0. The first-order valence-electron chi connectivity index (χ1n) is 5.71. The van der Waals surface area contributed by atoms with Crippen molar-refractivity contribution in [3.8, 4) is 0 Å². The fourth-order valence-electron chi connectivity index (χ4n) is 3.04. The molecule has 0 aromatic rings. The molecule has 0 aromatic heterocycles. The van der Waals surface area contributed by atoms with Crippen LogP contribution >= 0.6 is 0 Å². The molecule has 1 N–H and O–H groups in total. The van der Waals surface area contributed by atoms with Crippen molar-refractivity contribution in [3.63, 3.8) is 0 Å². The van der Waals surface area contributed by atoms with Gasteiger partial charge in [-0.3, -0.25) is 9.69 Å². The van der Waals surface area contributed by atoms with E-state index < -0.39 is 5.97 Å². The van der Waals surface area contributed by atoms with E-state index >= 15 is 0 Å². The molecule has 1 unspecified atom stereocenters. The van der Waals surface area contributed by atoms with E-state index in [4.69, 9.17) is 5.11 Å². The Bertz CT molecular complexity index is 221. The normalized spacial score (nSPS) is 34.4. The maximum absolute atomic E-state index is 11.1. The first kappa shape index (κ1) is 9.97. The van der Waals surface area contributed by atoms with E-state index in [2.05, 4.69) is 4.90 Å². The van der Waals surface area contributed by atoms with Crippen LogP contribution < -0.4 is 0 Å². The van der Waals surface area contributed by atoms with Gasteiger partial charge in [-0.1, -0.05) is 6.92 Å². The van der Waals surface area contributed by atoms with Gasteiger partial charge in [-0.2, -0.15) is 0 Å². The van der Waals surface area contributed by atoms with Gasteiger partial charge in [-0.05, 0) is 38.0 Å². The van der Waals surface area contributed by atoms with Gasteiger partial charge in [0, 0.05) is 12.6 Å². The number of rotatable bonds is 3. The molecule has 0 radical (unpaired) electrons. The van der Waals surface area contributed by atoms with Gasteiger partial charge in [-0.15, -0.1) is 0 Å². The number of aliphatic carboxylic acids is 1. The van der Waals surface area contributed by atoms with Crippen LogP contribution in [0.4, 0.5) is 0 Å². The summed E-state index contributed by atoms with van der Waals surface area (Å²) >= 11 is 0. The number of hydrogen-bond acceptors (Lipinski definition) is 2. The highest BCUT2D eigenvalue weighted by molar-refractivity contribution is 5.73. The van der Waals surface area contributed by atoms with Gasteiger partial charge in [0.05, 0.1) is 0 Å². The third kappa shape index (κ3) is 1.65. The summed E-state index contributed by atoms with van der Waals surface area (Å²) in [7, 11) is 0. The van der Waals surface area contributed by atoms with Gasteiger partial charge < -0.3 is 5.11 Å². The van der Waals surface area contributed by atoms with E-state index in [0.29, 0.717) is 6.04 Å². The Kier molecular flexibility index (Phi) is 2.77. The SMILES string of the molecule is CCC(C(=O)O)N1CC2CCC1CC2. The molecule has 2 bridgehead atoms.